The number of hydrogen-bond donors (Lipinski definition) is 1. The summed E-state index contributed by atoms with van der Waals surface area (Å²) in [6, 6.07) is 7.20. The lowest BCUT2D eigenvalue weighted by Gasteiger charge is -2.11. The zero-order chi connectivity index (χ0) is 18.4. The van der Waals surface area contributed by atoms with Crippen molar-refractivity contribution in [2.45, 2.75) is 38.1 Å². The van der Waals surface area contributed by atoms with E-state index in [-0.39, 0.29) is 25.2 Å². The Balaban J connectivity index is 2.29. The first-order valence-electron chi connectivity index (χ1n) is 7.06. The zero-order valence-corrected chi connectivity index (χ0v) is 13.8. The van der Waals surface area contributed by atoms with E-state index in [0.717, 1.165) is 5.56 Å². The van der Waals surface area contributed by atoms with Crippen LogP contribution in [0.3, 0.4) is 0 Å². The molecule has 1 aromatic carbocycles. The third-order valence-electron chi connectivity index (χ3n) is 2.96. The molecule has 0 saturated heterocycles. The summed E-state index contributed by atoms with van der Waals surface area (Å²) in [7, 11) is -5.67. The second-order valence-electron chi connectivity index (χ2n) is 5.14. The maximum Gasteiger partial charge on any atom is 0.534 e. The molecule has 9 heteroatoms. The van der Waals surface area contributed by atoms with E-state index in [0.29, 0.717) is 12.1 Å². The maximum atomic E-state index is 12.1. The second-order valence-corrected chi connectivity index (χ2v) is 6.68. The molecule has 0 bridgehead atoms. The number of unbranched alkanes of at least 4 members (excludes halogenated alkanes) is 1. The molecule has 0 saturated carbocycles. The van der Waals surface area contributed by atoms with Gasteiger partial charge >= 0.3 is 15.6 Å². The third kappa shape index (κ3) is 6.61. The van der Waals surface area contributed by atoms with Crippen LogP contribution in [0, 0.1) is 6.92 Å². The molecule has 1 aromatic rings. The van der Waals surface area contributed by atoms with Crippen LogP contribution >= 0.6 is 0 Å². The molecule has 134 valence electrons. The van der Waals surface area contributed by atoms with Gasteiger partial charge in [-0.25, -0.2) is 0 Å². The van der Waals surface area contributed by atoms with Gasteiger partial charge in [0.05, 0.1) is 0 Å². The van der Waals surface area contributed by atoms with Gasteiger partial charge in [0.15, 0.2) is 0 Å². The minimum Gasteiger partial charge on any atom is -0.381 e. The first kappa shape index (κ1) is 20.0. The van der Waals surface area contributed by atoms with Gasteiger partial charge in [-0.3, -0.25) is 4.79 Å². The van der Waals surface area contributed by atoms with E-state index in [9.17, 15) is 26.4 Å². The molecule has 0 atom stereocenters. The number of hydrogen-bond acceptors (Lipinski definition) is 4. The number of nitrogens with one attached hydrogen (secondary N) is 1. The highest BCUT2D eigenvalue weighted by Crippen LogP contribution is 2.27. The predicted molar refractivity (Wildman–Crippen MR) is 83.5 cm³/mol. The summed E-state index contributed by atoms with van der Waals surface area (Å²) in [6.45, 7) is 5.06. The zero-order valence-electron chi connectivity index (χ0n) is 13.0. The van der Waals surface area contributed by atoms with Crippen LogP contribution in [-0.2, 0) is 19.1 Å². The number of carbonyl (C=O) groups excluding carboxylic acids is 1. The Morgan fingerprint density at radius 3 is 2.25 bits per heavy atom. The fraction of sp³-hybridized carbons (Fsp3) is 0.400. The van der Waals surface area contributed by atoms with Gasteiger partial charge in [-0.15, -0.1) is 0 Å². The summed E-state index contributed by atoms with van der Waals surface area (Å²) < 4.78 is 61.7. The van der Waals surface area contributed by atoms with Gasteiger partial charge in [0.25, 0.3) is 0 Å². The quantitative estimate of drug-likeness (QED) is 0.328. The third-order valence-corrected chi connectivity index (χ3v) is 3.98. The molecule has 1 amide bonds. The predicted octanol–water partition coefficient (Wildman–Crippen LogP) is 3.87. The summed E-state index contributed by atoms with van der Waals surface area (Å²) in [4.78, 5) is 11.7. The molecule has 0 aromatic heterocycles. The molecule has 1 N–H and O–H groups in total. The lowest BCUT2D eigenvalue weighted by atomic mass is 10.1. The van der Waals surface area contributed by atoms with Crippen LogP contribution in [0.4, 0.5) is 18.9 Å². The molecule has 0 fully saturated rings. The van der Waals surface area contributed by atoms with Crippen molar-refractivity contribution in [3.05, 3.63) is 42.2 Å². The Morgan fingerprint density at radius 1 is 1.17 bits per heavy atom. The lowest BCUT2D eigenvalue weighted by molar-refractivity contribution is -0.116. The molecule has 0 heterocycles. The summed E-state index contributed by atoms with van der Waals surface area (Å²) in [5.41, 5.74) is -3.78. The van der Waals surface area contributed by atoms with Gasteiger partial charge in [0.2, 0.25) is 5.91 Å². The molecule has 1 rings (SSSR count). The minimum atomic E-state index is -5.67. The van der Waals surface area contributed by atoms with Crippen LogP contribution < -0.4 is 5.32 Å². The van der Waals surface area contributed by atoms with E-state index in [4.69, 9.17) is 0 Å². The average molecular weight is 365 g/mol. The fourth-order valence-electron chi connectivity index (χ4n) is 1.71. The summed E-state index contributed by atoms with van der Waals surface area (Å²) >= 11 is 0. The number of halogens is 3. The summed E-state index contributed by atoms with van der Waals surface area (Å²) in [5.74, 6) is -0.750. The number of benzene rings is 1. The van der Waals surface area contributed by atoms with Crippen molar-refractivity contribution >= 4 is 21.7 Å². The molecule has 0 spiro atoms. The Labute approximate surface area is 138 Å². The van der Waals surface area contributed by atoms with Crippen molar-refractivity contribution in [1.82, 2.24) is 0 Å². The van der Waals surface area contributed by atoms with Gasteiger partial charge in [-0.05, 0) is 31.9 Å². The molecule has 5 nitrogen and oxygen atoms in total. The van der Waals surface area contributed by atoms with E-state index in [1.54, 1.807) is 12.1 Å². The largest absolute Gasteiger partial charge is 0.534 e. The van der Waals surface area contributed by atoms with E-state index in [1.807, 2.05) is 19.1 Å². The van der Waals surface area contributed by atoms with Crippen molar-refractivity contribution < 1.29 is 30.6 Å². The Bertz CT molecular complexity index is 682. The Kier molecular flexibility index (Phi) is 6.82. The highest BCUT2D eigenvalue weighted by molar-refractivity contribution is 7.87. The van der Waals surface area contributed by atoms with Crippen molar-refractivity contribution in [2.75, 3.05) is 5.32 Å². The first-order chi connectivity index (χ1) is 11.0. The van der Waals surface area contributed by atoms with Crippen LogP contribution in [0.25, 0.3) is 0 Å². The van der Waals surface area contributed by atoms with Crippen molar-refractivity contribution in [3.8, 4) is 0 Å². The van der Waals surface area contributed by atoms with Gasteiger partial charge in [-0.2, -0.15) is 21.6 Å². The number of alkyl halides is 3. The lowest BCUT2D eigenvalue weighted by Crippen LogP contribution is -2.25. The van der Waals surface area contributed by atoms with E-state index in [2.05, 4.69) is 16.1 Å². The van der Waals surface area contributed by atoms with Crippen molar-refractivity contribution in [2.24, 2.45) is 0 Å². The number of rotatable bonds is 8. The Hall–Kier alpha value is -2.03. The summed E-state index contributed by atoms with van der Waals surface area (Å²) in [5, 5.41) is 2.68. The van der Waals surface area contributed by atoms with Crippen LogP contribution in [0.5, 0.6) is 0 Å². The number of amides is 1. The molecular weight excluding hydrogens is 347 g/mol. The second kappa shape index (κ2) is 8.18. The molecule has 0 aliphatic carbocycles. The number of aryl methyl sites for hydroxylation is 1. The topological polar surface area (TPSA) is 72.5 Å². The first-order valence-corrected chi connectivity index (χ1v) is 8.47. The van der Waals surface area contributed by atoms with Gasteiger partial charge in [0.1, 0.15) is 5.76 Å². The van der Waals surface area contributed by atoms with Gasteiger partial charge in [0, 0.05) is 18.5 Å². The van der Waals surface area contributed by atoms with Crippen molar-refractivity contribution in [3.63, 3.8) is 0 Å². The molecule has 0 unspecified atom stereocenters. The number of anilines is 1. The van der Waals surface area contributed by atoms with Crippen molar-refractivity contribution in [1.29, 1.82) is 0 Å². The normalized spacial score (nSPS) is 11.8. The van der Waals surface area contributed by atoms with Gasteiger partial charge in [-0.1, -0.05) is 24.3 Å². The van der Waals surface area contributed by atoms with Crippen LogP contribution in [0.1, 0.15) is 31.2 Å². The summed E-state index contributed by atoms with van der Waals surface area (Å²) in [6.07, 6.45) is 0.681. The molecule has 0 radical (unpaired) electrons. The number of allylic oxidation sites excluding steroid dienone is 1. The van der Waals surface area contributed by atoms with Crippen LogP contribution in [-0.4, -0.2) is 19.8 Å². The molecule has 0 aliphatic heterocycles. The van der Waals surface area contributed by atoms with Crippen LogP contribution in [0.2, 0.25) is 0 Å². The van der Waals surface area contributed by atoms with E-state index < -0.39 is 21.4 Å². The molecule has 0 aliphatic rings. The maximum absolute atomic E-state index is 12.1. The average Bonchev–Trinajstić information content (AvgIpc) is 2.44. The Morgan fingerprint density at radius 2 is 1.71 bits per heavy atom. The highest BCUT2D eigenvalue weighted by atomic mass is 32.2. The SMILES string of the molecule is C=C(CCCCC(=O)Nc1ccc(C)cc1)OS(=O)(=O)C(F)(F)F. The minimum absolute atomic E-state index is 0.0902. The highest BCUT2D eigenvalue weighted by Gasteiger charge is 2.48. The van der Waals surface area contributed by atoms with E-state index >= 15 is 0 Å². The number of carbonyl (C=O) groups is 1. The molecular formula is C15H18F3NO4S. The van der Waals surface area contributed by atoms with Gasteiger partial charge < -0.3 is 9.50 Å². The fourth-order valence-corrected chi connectivity index (χ4v) is 2.20. The smallest absolute Gasteiger partial charge is 0.381 e. The van der Waals surface area contributed by atoms with E-state index in [1.165, 1.54) is 0 Å². The van der Waals surface area contributed by atoms with Crippen LogP contribution in [0.15, 0.2) is 36.6 Å². The molecule has 24 heavy (non-hydrogen) atoms. The monoisotopic (exact) mass is 365 g/mol. The standard InChI is InChI=1S/C15H18F3NO4S/c1-11-7-9-13(10-8-11)19-14(20)6-4-3-5-12(2)23-24(21,22)15(16,17)18/h7-10H,2-6H2,1H3,(H,19,20).